The standard InChI is InChI=1S/C21H20ClN3O2/c1-27-19-4-2-3-15(13-19)9-11-24-21(26)20-14-18(10-12-23-20)25-17-7-5-16(22)6-8-17/h2-8,10,12-14H,9,11H2,1H3,(H,23,25)(H,24,26). The third-order valence-electron chi connectivity index (χ3n) is 3.96. The predicted molar refractivity (Wildman–Crippen MR) is 108 cm³/mol. The maximum absolute atomic E-state index is 12.4. The Labute approximate surface area is 163 Å². The van der Waals surface area contributed by atoms with Crippen molar-refractivity contribution in [3.05, 3.63) is 83.1 Å². The highest BCUT2D eigenvalue weighted by Crippen LogP contribution is 2.19. The first kappa shape index (κ1) is 18.7. The second kappa shape index (κ2) is 9.05. The maximum atomic E-state index is 12.4. The van der Waals surface area contributed by atoms with Gasteiger partial charge in [-0.05, 0) is 60.5 Å². The van der Waals surface area contributed by atoms with E-state index in [4.69, 9.17) is 16.3 Å². The van der Waals surface area contributed by atoms with Crippen molar-refractivity contribution >= 4 is 28.9 Å². The number of aromatic nitrogens is 1. The van der Waals surface area contributed by atoms with E-state index < -0.39 is 0 Å². The zero-order valence-electron chi connectivity index (χ0n) is 14.9. The zero-order valence-corrected chi connectivity index (χ0v) is 15.7. The Kier molecular flexibility index (Phi) is 6.28. The van der Waals surface area contributed by atoms with Crippen molar-refractivity contribution in [3.63, 3.8) is 0 Å². The highest BCUT2D eigenvalue weighted by molar-refractivity contribution is 6.30. The number of amides is 1. The first-order chi connectivity index (χ1) is 13.1. The van der Waals surface area contributed by atoms with E-state index in [1.807, 2.05) is 42.5 Å². The number of carbonyl (C=O) groups is 1. The van der Waals surface area contributed by atoms with Gasteiger partial charge in [-0.15, -0.1) is 0 Å². The second-order valence-corrected chi connectivity index (χ2v) is 6.36. The van der Waals surface area contributed by atoms with E-state index in [1.165, 1.54) is 0 Å². The maximum Gasteiger partial charge on any atom is 0.269 e. The van der Waals surface area contributed by atoms with Crippen LogP contribution in [0.5, 0.6) is 5.75 Å². The molecule has 138 valence electrons. The summed E-state index contributed by atoms with van der Waals surface area (Å²) in [5.41, 5.74) is 3.13. The van der Waals surface area contributed by atoms with Gasteiger partial charge in [0.25, 0.3) is 5.91 Å². The number of hydrogen-bond acceptors (Lipinski definition) is 4. The van der Waals surface area contributed by atoms with Crippen molar-refractivity contribution in [2.24, 2.45) is 0 Å². The van der Waals surface area contributed by atoms with Gasteiger partial charge in [-0.3, -0.25) is 9.78 Å². The van der Waals surface area contributed by atoms with Crippen LogP contribution >= 0.6 is 11.6 Å². The summed E-state index contributed by atoms with van der Waals surface area (Å²) in [6, 6.07) is 18.7. The van der Waals surface area contributed by atoms with E-state index in [1.54, 1.807) is 31.5 Å². The molecule has 0 radical (unpaired) electrons. The Hall–Kier alpha value is -3.05. The first-order valence-corrected chi connectivity index (χ1v) is 8.91. The first-order valence-electron chi connectivity index (χ1n) is 8.54. The zero-order chi connectivity index (χ0) is 19.1. The minimum Gasteiger partial charge on any atom is -0.497 e. The Balaban J connectivity index is 1.57. The number of hydrogen-bond donors (Lipinski definition) is 2. The molecule has 0 aliphatic rings. The molecule has 2 aromatic carbocycles. The summed E-state index contributed by atoms with van der Waals surface area (Å²) in [5.74, 6) is 0.596. The Morgan fingerprint density at radius 2 is 1.89 bits per heavy atom. The fourth-order valence-corrected chi connectivity index (χ4v) is 2.70. The van der Waals surface area contributed by atoms with Gasteiger partial charge in [0.2, 0.25) is 0 Å². The molecule has 1 amide bonds. The van der Waals surface area contributed by atoms with Crippen LogP contribution in [0.15, 0.2) is 66.9 Å². The summed E-state index contributed by atoms with van der Waals surface area (Å²) in [4.78, 5) is 16.5. The van der Waals surface area contributed by atoms with Crippen LogP contribution in [-0.2, 0) is 6.42 Å². The fraction of sp³-hybridized carbons (Fsp3) is 0.143. The molecule has 2 N–H and O–H groups in total. The van der Waals surface area contributed by atoms with Gasteiger partial charge in [0.15, 0.2) is 0 Å². The molecule has 0 saturated heterocycles. The predicted octanol–water partition coefficient (Wildman–Crippen LogP) is 4.46. The largest absolute Gasteiger partial charge is 0.497 e. The van der Waals surface area contributed by atoms with Crippen LogP contribution in [0.25, 0.3) is 0 Å². The molecule has 3 rings (SSSR count). The number of methoxy groups -OCH3 is 1. The van der Waals surface area contributed by atoms with Crippen molar-refractivity contribution in [3.8, 4) is 5.75 Å². The van der Waals surface area contributed by atoms with Crippen LogP contribution in [0.3, 0.4) is 0 Å². The summed E-state index contributed by atoms with van der Waals surface area (Å²) in [6.45, 7) is 0.516. The van der Waals surface area contributed by atoms with E-state index >= 15 is 0 Å². The lowest BCUT2D eigenvalue weighted by Crippen LogP contribution is -2.26. The lowest BCUT2D eigenvalue weighted by atomic mass is 10.1. The summed E-state index contributed by atoms with van der Waals surface area (Å²) >= 11 is 5.89. The van der Waals surface area contributed by atoms with Crippen molar-refractivity contribution in [1.82, 2.24) is 10.3 Å². The molecule has 0 aliphatic carbocycles. The van der Waals surface area contributed by atoms with Crippen LogP contribution < -0.4 is 15.4 Å². The number of carbonyl (C=O) groups excluding carboxylic acids is 1. The highest BCUT2D eigenvalue weighted by Gasteiger charge is 2.08. The molecule has 1 heterocycles. The van der Waals surface area contributed by atoms with Crippen LogP contribution in [0.2, 0.25) is 5.02 Å². The number of halogens is 1. The highest BCUT2D eigenvalue weighted by atomic mass is 35.5. The van der Waals surface area contributed by atoms with Gasteiger partial charge < -0.3 is 15.4 Å². The molecule has 6 heteroatoms. The number of nitrogens with one attached hydrogen (secondary N) is 2. The van der Waals surface area contributed by atoms with Gasteiger partial charge >= 0.3 is 0 Å². The fourth-order valence-electron chi connectivity index (χ4n) is 2.57. The number of ether oxygens (including phenoxy) is 1. The molecular formula is C21H20ClN3O2. The molecule has 1 aromatic heterocycles. The third kappa shape index (κ3) is 5.46. The number of nitrogens with zero attached hydrogens (tertiary/aromatic N) is 1. The average Bonchev–Trinajstić information content (AvgIpc) is 2.70. The summed E-state index contributed by atoms with van der Waals surface area (Å²) < 4.78 is 5.21. The molecule has 0 atom stereocenters. The molecule has 3 aromatic rings. The molecular weight excluding hydrogens is 362 g/mol. The van der Waals surface area contributed by atoms with Gasteiger partial charge in [-0.1, -0.05) is 23.7 Å². The lowest BCUT2D eigenvalue weighted by Gasteiger charge is -2.09. The van der Waals surface area contributed by atoms with E-state index in [-0.39, 0.29) is 5.91 Å². The van der Waals surface area contributed by atoms with Crippen LogP contribution in [-0.4, -0.2) is 24.5 Å². The Morgan fingerprint density at radius 1 is 1.07 bits per heavy atom. The lowest BCUT2D eigenvalue weighted by molar-refractivity contribution is 0.0949. The van der Waals surface area contributed by atoms with Gasteiger partial charge in [0.1, 0.15) is 11.4 Å². The Morgan fingerprint density at radius 3 is 2.67 bits per heavy atom. The van der Waals surface area contributed by atoms with E-state index in [2.05, 4.69) is 15.6 Å². The van der Waals surface area contributed by atoms with Crippen molar-refractivity contribution in [2.45, 2.75) is 6.42 Å². The molecule has 0 aliphatic heterocycles. The molecule has 0 saturated carbocycles. The van der Waals surface area contributed by atoms with Crippen LogP contribution in [0, 0.1) is 0 Å². The number of benzene rings is 2. The van der Waals surface area contributed by atoms with Crippen LogP contribution in [0.1, 0.15) is 16.1 Å². The van der Waals surface area contributed by atoms with Crippen LogP contribution in [0.4, 0.5) is 11.4 Å². The van der Waals surface area contributed by atoms with Gasteiger partial charge in [0.05, 0.1) is 7.11 Å². The summed E-state index contributed by atoms with van der Waals surface area (Å²) in [7, 11) is 1.64. The SMILES string of the molecule is COc1cccc(CCNC(=O)c2cc(Nc3ccc(Cl)cc3)ccn2)c1. The summed E-state index contributed by atoms with van der Waals surface area (Å²) in [5, 5.41) is 6.80. The minimum atomic E-state index is -0.211. The number of rotatable bonds is 7. The third-order valence-corrected chi connectivity index (χ3v) is 4.21. The van der Waals surface area contributed by atoms with Gasteiger partial charge in [-0.25, -0.2) is 0 Å². The Bertz CT molecular complexity index is 913. The molecule has 0 unspecified atom stereocenters. The quantitative estimate of drug-likeness (QED) is 0.634. The molecule has 0 bridgehead atoms. The van der Waals surface area contributed by atoms with E-state index in [0.717, 1.165) is 22.7 Å². The second-order valence-electron chi connectivity index (χ2n) is 5.92. The topological polar surface area (TPSA) is 63.2 Å². The number of anilines is 2. The smallest absolute Gasteiger partial charge is 0.269 e. The van der Waals surface area contributed by atoms with E-state index in [9.17, 15) is 4.79 Å². The van der Waals surface area contributed by atoms with Crippen molar-refractivity contribution in [2.75, 3.05) is 19.0 Å². The number of pyridine rings is 1. The monoisotopic (exact) mass is 381 g/mol. The van der Waals surface area contributed by atoms with Gasteiger partial charge in [0, 0.05) is 29.1 Å². The summed E-state index contributed by atoms with van der Waals surface area (Å²) in [6.07, 6.45) is 2.32. The van der Waals surface area contributed by atoms with Crippen molar-refractivity contribution in [1.29, 1.82) is 0 Å². The average molecular weight is 382 g/mol. The van der Waals surface area contributed by atoms with E-state index in [0.29, 0.717) is 23.7 Å². The normalized spacial score (nSPS) is 10.3. The molecule has 5 nitrogen and oxygen atoms in total. The van der Waals surface area contributed by atoms with Crippen molar-refractivity contribution < 1.29 is 9.53 Å². The molecule has 0 spiro atoms. The van der Waals surface area contributed by atoms with Gasteiger partial charge in [-0.2, -0.15) is 0 Å². The molecule has 0 fully saturated rings. The molecule has 27 heavy (non-hydrogen) atoms. The minimum absolute atomic E-state index is 0.211.